The molecule has 2 aliphatic heterocycles. The van der Waals surface area contributed by atoms with E-state index in [9.17, 15) is 10.2 Å². The van der Waals surface area contributed by atoms with Gasteiger partial charge in [-0.1, -0.05) is 0 Å². The van der Waals surface area contributed by atoms with Gasteiger partial charge in [-0.05, 0) is 0 Å². The summed E-state index contributed by atoms with van der Waals surface area (Å²) in [5, 5.41) is 20.7. The maximum atomic E-state index is 10.4. The molecule has 142 valence electrons. The number of aliphatic hydroxyl groups excluding tert-OH is 2. The minimum atomic E-state index is -0.805. The smallest absolute Gasteiger partial charge is 0.0938 e. The Labute approximate surface area is 144 Å². The molecule has 0 aromatic carbocycles. The Balaban J connectivity index is 2.00. The summed E-state index contributed by atoms with van der Waals surface area (Å²) >= 11 is 0. The molecule has 2 heterocycles. The fourth-order valence-electron chi connectivity index (χ4n) is 2.78. The zero-order chi connectivity index (χ0) is 17.0. The van der Waals surface area contributed by atoms with Gasteiger partial charge in [0.05, 0.1) is 65.1 Å². The van der Waals surface area contributed by atoms with E-state index in [1.165, 1.54) is 0 Å². The number of aliphatic hydroxyl groups is 2. The number of nitrogens with zero attached hydrogens (tertiary/aromatic N) is 2. The zero-order valence-electron chi connectivity index (χ0n) is 14.5. The topological polar surface area (TPSA) is 83.9 Å². The number of fused-ring (bicyclic) bond motifs is 5. The number of hydrogen-bond donors (Lipinski definition) is 2. The monoisotopic (exact) mass is 348 g/mol. The Morgan fingerprint density at radius 1 is 0.500 bits per heavy atom. The van der Waals surface area contributed by atoms with Crippen molar-refractivity contribution in [1.29, 1.82) is 0 Å². The van der Waals surface area contributed by atoms with Gasteiger partial charge in [-0.3, -0.25) is 9.80 Å². The summed E-state index contributed by atoms with van der Waals surface area (Å²) in [5.74, 6) is 0. The van der Waals surface area contributed by atoms with Crippen LogP contribution in [0, 0.1) is 0 Å². The van der Waals surface area contributed by atoms with Crippen molar-refractivity contribution in [3.05, 3.63) is 0 Å². The van der Waals surface area contributed by atoms with E-state index < -0.39 is 12.2 Å². The molecule has 2 saturated heterocycles. The first kappa shape index (κ1) is 20.0. The molecule has 2 N–H and O–H groups in total. The van der Waals surface area contributed by atoms with Crippen molar-refractivity contribution in [3.8, 4) is 0 Å². The van der Waals surface area contributed by atoms with Gasteiger partial charge < -0.3 is 29.2 Å². The van der Waals surface area contributed by atoms with Gasteiger partial charge in [-0.2, -0.15) is 0 Å². The lowest BCUT2D eigenvalue weighted by atomic mass is 10.1. The van der Waals surface area contributed by atoms with E-state index in [1.807, 2.05) is 0 Å². The van der Waals surface area contributed by atoms with Gasteiger partial charge >= 0.3 is 0 Å². The minimum absolute atomic E-state index is 0.411. The third-order valence-electron chi connectivity index (χ3n) is 4.29. The van der Waals surface area contributed by atoms with Crippen LogP contribution in [0.5, 0.6) is 0 Å². The quantitative estimate of drug-likeness (QED) is 0.542. The maximum Gasteiger partial charge on any atom is 0.0938 e. The fourth-order valence-corrected chi connectivity index (χ4v) is 2.78. The Hall–Kier alpha value is -0.320. The van der Waals surface area contributed by atoms with Crippen LogP contribution < -0.4 is 0 Å². The molecule has 0 radical (unpaired) electrons. The van der Waals surface area contributed by atoms with Gasteiger partial charge in [0.15, 0.2) is 0 Å². The minimum Gasteiger partial charge on any atom is -0.389 e. The average Bonchev–Trinajstić information content (AvgIpc) is 2.57. The van der Waals surface area contributed by atoms with E-state index in [4.69, 9.17) is 18.9 Å². The lowest BCUT2D eigenvalue weighted by molar-refractivity contribution is -0.0477. The van der Waals surface area contributed by atoms with Crippen molar-refractivity contribution in [3.63, 3.8) is 0 Å². The van der Waals surface area contributed by atoms with E-state index in [-0.39, 0.29) is 0 Å². The largest absolute Gasteiger partial charge is 0.389 e. The summed E-state index contributed by atoms with van der Waals surface area (Å²) in [6.45, 7) is 8.13. The molecule has 2 unspecified atom stereocenters. The van der Waals surface area contributed by atoms with Gasteiger partial charge in [0.25, 0.3) is 0 Å². The Kier molecular flexibility index (Phi) is 10.1. The predicted octanol–water partition coefficient (Wildman–Crippen LogP) is -1.59. The number of hydrogen-bond acceptors (Lipinski definition) is 8. The molecule has 0 saturated carbocycles. The second kappa shape index (κ2) is 12.1. The van der Waals surface area contributed by atoms with Crippen LogP contribution in [-0.4, -0.2) is 124 Å². The van der Waals surface area contributed by atoms with Crippen molar-refractivity contribution in [2.24, 2.45) is 0 Å². The van der Waals surface area contributed by atoms with Gasteiger partial charge in [-0.15, -0.1) is 0 Å². The van der Waals surface area contributed by atoms with Gasteiger partial charge in [-0.25, -0.2) is 0 Å². The molecule has 24 heavy (non-hydrogen) atoms. The first-order chi connectivity index (χ1) is 11.8. The molecular formula is C16H32N2O6. The van der Waals surface area contributed by atoms with Gasteiger partial charge in [0.2, 0.25) is 0 Å². The van der Waals surface area contributed by atoms with Crippen molar-refractivity contribution < 1.29 is 29.2 Å². The normalized spacial score (nSPS) is 36.2. The SMILES string of the molecule is OC1CN2CCOCCOCCN(CCOCCOCC2)CC1O. The van der Waals surface area contributed by atoms with E-state index in [2.05, 4.69) is 9.80 Å². The summed E-state index contributed by atoms with van der Waals surface area (Å²) < 4.78 is 22.3. The fraction of sp³-hybridized carbons (Fsp3) is 1.00. The highest BCUT2D eigenvalue weighted by Crippen LogP contribution is 2.04. The molecule has 0 aromatic rings. The van der Waals surface area contributed by atoms with Crippen LogP contribution >= 0.6 is 0 Å². The van der Waals surface area contributed by atoms with Crippen molar-refractivity contribution in [2.75, 3.05) is 92.1 Å². The predicted molar refractivity (Wildman–Crippen MR) is 88.2 cm³/mol. The summed E-state index contributed by atoms with van der Waals surface area (Å²) in [6, 6.07) is 0. The summed E-state index contributed by atoms with van der Waals surface area (Å²) in [4.78, 5) is 4.13. The van der Waals surface area contributed by atoms with E-state index in [0.29, 0.717) is 92.1 Å². The summed E-state index contributed by atoms with van der Waals surface area (Å²) in [7, 11) is 0. The molecule has 0 amide bonds. The second-order valence-corrected chi connectivity index (χ2v) is 6.19. The molecule has 2 bridgehead atoms. The summed E-state index contributed by atoms with van der Waals surface area (Å²) in [6.07, 6.45) is -1.61. The van der Waals surface area contributed by atoms with Crippen LogP contribution in [0.3, 0.4) is 0 Å². The Morgan fingerprint density at radius 2 is 0.792 bits per heavy atom. The lowest BCUT2D eigenvalue weighted by Crippen LogP contribution is -2.47. The molecule has 8 heteroatoms. The maximum absolute atomic E-state index is 10.4. The van der Waals surface area contributed by atoms with Crippen LogP contribution in [-0.2, 0) is 18.9 Å². The molecule has 0 spiro atoms. The van der Waals surface area contributed by atoms with Crippen LogP contribution in [0.2, 0.25) is 0 Å². The standard InChI is InChI=1S/C16H32N2O6/c19-15-13-17-1-5-21-9-10-23-7-3-18(14-16(15)20)4-8-24-12-11-22-6-2-17/h15-16,19-20H,1-14H2. The summed E-state index contributed by atoms with van der Waals surface area (Å²) in [5.41, 5.74) is 0. The van der Waals surface area contributed by atoms with Crippen molar-refractivity contribution in [1.82, 2.24) is 9.80 Å². The van der Waals surface area contributed by atoms with E-state index in [1.54, 1.807) is 0 Å². The van der Waals surface area contributed by atoms with Crippen LogP contribution in [0.25, 0.3) is 0 Å². The average molecular weight is 348 g/mol. The van der Waals surface area contributed by atoms with Gasteiger partial charge in [0.1, 0.15) is 0 Å². The molecule has 2 fully saturated rings. The Bertz CT molecular complexity index is 273. The first-order valence-electron chi connectivity index (χ1n) is 8.87. The third-order valence-corrected chi connectivity index (χ3v) is 4.29. The lowest BCUT2D eigenvalue weighted by Gasteiger charge is -2.31. The first-order valence-corrected chi connectivity index (χ1v) is 8.87. The molecule has 2 aliphatic rings. The van der Waals surface area contributed by atoms with Crippen LogP contribution in [0.4, 0.5) is 0 Å². The highest BCUT2D eigenvalue weighted by molar-refractivity contribution is 4.76. The highest BCUT2D eigenvalue weighted by atomic mass is 16.5. The second-order valence-electron chi connectivity index (χ2n) is 6.19. The van der Waals surface area contributed by atoms with Crippen LogP contribution in [0.1, 0.15) is 0 Å². The van der Waals surface area contributed by atoms with E-state index in [0.717, 1.165) is 0 Å². The number of rotatable bonds is 0. The molecule has 2 atom stereocenters. The highest BCUT2D eigenvalue weighted by Gasteiger charge is 2.22. The van der Waals surface area contributed by atoms with E-state index >= 15 is 0 Å². The molecular weight excluding hydrogens is 316 g/mol. The molecule has 0 aliphatic carbocycles. The molecule has 0 aromatic heterocycles. The third kappa shape index (κ3) is 8.17. The van der Waals surface area contributed by atoms with Gasteiger partial charge in [0, 0.05) is 39.3 Å². The van der Waals surface area contributed by atoms with Crippen molar-refractivity contribution in [2.45, 2.75) is 12.2 Å². The Morgan fingerprint density at radius 3 is 1.08 bits per heavy atom. The zero-order valence-corrected chi connectivity index (χ0v) is 14.5. The van der Waals surface area contributed by atoms with Crippen molar-refractivity contribution >= 4 is 0 Å². The number of ether oxygens (including phenoxy) is 4. The van der Waals surface area contributed by atoms with Crippen LogP contribution in [0.15, 0.2) is 0 Å². The molecule has 8 nitrogen and oxygen atoms in total. The molecule has 2 rings (SSSR count).